The SMILES string of the molecule is Cc1cc(Cl)c(N)cc1-c1ccc(O)cc1. The van der Waals surface area contributed by atoms with Crippen LogP contribution in [0.4, 0.5) is 5.69 Å². The van der Waals surface area contributed by atoms with Gasteiger partial charge >= 0.3 is 0 Å². The third-order valence-corrected chi connectivity index (χ3v) is 2.85. The van der Waals surface area contributed by atoms with Crippen LogP contribution in [0.25, 0.3) is 11.1 Å². The van der Waals surface area contributed by atoms with Gasteiger partial charge in [0.2, 0.25) is 0 Å². The topological polar surface area (TPSA) is 46.2 Å². The monoisotopic (exact) mass is 233 g/mol. The van der Waals surface area contributed by atoms with Gasteiger partial charge in [-0.15, -0.1) is 0 Å². The highest BCUT2D eigenvalue weighted by Crippen LogP contribution is 2.31. The minimum atomic E-state index is 0.253. The quantitative estimate of drug-likeness (QED) is 0.740. The summed E-state index contributed by atoms with van der Waals surface area (Å²) in [4.78, 5) is 0. The van der Waals surface area contributed by atoms with Crippen molar-refractivity contribution in [3.63, 3.8) is 0 Å². The van der Waals surface area contributed by atoms with Crippen LogP contribution in [-0.4, -0.2) is 5.11 Å². The Hall–Kier alpha value is -1.67. The van der Waals surface area contributed by atoms with Gasteiger partial charge in [0.1, 0.15) is 5.75 Å². The molecule has 0 heterocycles. The predicted octanol–water partition coefficient (Wildman–Crippen LogP) is 3.60. The Kier molecular flexibility index (Phi) is 2.75. The summed E-state index contributed by atoms with van der Waals surface area (Å²) in [5.41, 5.74) is 9.44. The Morgan fingerprint density at radius 3 is 2.38 bits per heavy atom. The molecule has 16 heavy (non-hydrogen) atoms. The fraction of sp³-hybridized carbons (Fsp3) is 0.0769. The number of nitrogen functional groups attached to an aromatic ring is 1. The molecule has 0 radical (unpaired) electrons. The fourth-order valence-electron chi connectivity index (χ4n) is 1.64. The van der Waals surface area contributed by atoms with Crippen LogP contribution in [-0.2, 0) is 0 Å². The van der Waals surface area contributed by atoms with Gasteiger partial charge in [-0.2, -0.15) is 0 Å². The summed E-state index contributed by atoms with van der Waals surface area (Å²) in [6, 6.07) is 10.7. The summed E-state index contributed by atoms with van der Waals surface area (Å²) >= 11 is 5.93. The van der Waals surface area contributed by atoms with Crippen molar-refractivity contribution < 1.29 is 5.11 Å². The van der Waals surface area contributed by atoms with Crippen molar-refractivity contribution in [3.8, 4) is 16.9 Å². The van der Waals surface area contributed by atoms with Gasteiger partial charge in [-0.05, 0) is 47.9 Å². The summed E-state index contributed by atoms with van der Waals surface area (Å²) in [5, 5.41) is 9.80. The van der Waals surface area contributed by atoms with Gasteiger partial charge in [0.25, 0.3) is 0 Å². The lowest BCUT2D eigenvalue weighted by Gasteiger charge is -2.09. The standard InChI is InChI=1S/C13H12ClNO/c1-8-6-12(14)13(15)7-11(8)9-2-4-10(16)5-3-9/h2-7,16H,15H2,1H3. The molecule has 0 fully saturated rings. The van der Waals surface area contributed by atoms with Gasteiger partial charge in [-0.25, -0.2) is 0 Å². The average molecular weight is 234 g/mol. The van der Waals surface area contributed by atoms with Crippen LogP contribution in [0.2, 0.25) is 5.02 Å². The Balaban J connectivity index is 2.56. The number of phenolic OH excluding ortho intramolecular Hbond substituents is 1. The molecule has 0 spiro atoms. The zero-order chi connectivity index (χ0) is 11.7. The summed E-state index contributed by atoms with van der Waals surface area (Å²) < 4.78 is 0. The van der Waals surface area contributed by atoms with Gasteiger partial charge in [-0.1, -0.05) is 23.7 Å². The molecule has 3 heteroatoms. The molecule has 0 aliphatic carbocycles. The molecule has 0 aliphatic rings. The molecular formula is C13H12ClNO. The lowest BCUT2D eigenvalue weighted by atomic mass is 10.00. The molecule has 0 aliphatic heterocycles. The zero-order valence-corrected chi connectivity index (χ0v) is 9.62. The van der Waals surface area contributed by atoms with E-state index in [0.29, 0.717) is 10.7 Å². The largest absolute Gasteiger partial charge is 0.508 e. The smallest absolute Gasteiger partial charge is 0.115 e. The van der Waals surface area contributed by atoms with Gasteiger partial charge in [0.15, 0.2) is 0 Å². The maximum Gasteiger partial charge on any atom is 0.115 e. The van der Waals surface area contributed by atoms with Gasteiger partial charge < -0.3 is 10.8 Å². The van der Waals surface area contributed by atoms with Crippen LogP contribution in [0.3, 0.4) is 0 Å². The zero-order valence-electron chi connectivity index (χ0n) is 8.87. The molecule has 0 unspecified atom stereocenters. The number of anilines is 1. The Labute approximate surface area is 99.3 Å². The number of hydrogen-bond donors (Lipinski definition) is 2. The minimum Gasteiger partial charge on any atom is -0.508 e. The van der Waals surface area contributed by atoms with Crippen molar-refractivity contribution >= 4 is 17.3 Å². The van der Waals surface area contributed by atoms with E-state index >= 15 is 0 Å². The van der Waals surface area contributed by atoms with E-state index in [4.69, 9.17) is 17.3 Å². The second-order valence-corrected chi connectivity index (χ2v) is 4.14. The molecule has 0 atom stereocenters. The first kappa shape index (κ1) is 10.8. The van der Waals surface area contributed by atoms with Crippen LogP contribution in [0.5, 0.6) is 5.75 Å². The van der Waals surface area contributed by atoms with Crippen molar-refractivity contribution in [1.29, 1.82) is 0 Å². The average Bonchev–Trinajstić information content (AvgIpc) is 2.25. The Bertz CT molecular complexity index is 520. The van der Waals surface area contributed by atoms with E-state index in [2.05, 4.69) is 0 Å². The maximum absolute atomic E-state index is 9.23. The van der Waals surface area contributed by atoms with Crippen LogP contribution in [0.15, 0.2) is 36.4 Å². The van der Waals surface area contributed by atoms with E-state index in [9.17, 15) is 5.11 Å². The molecule has 0 saturated carbocycles. The second kappa shape index (κ2) is 4.06. The molecule has 2 aromatic rings. The van der Waals surface area contributed by atoms with Gasteiger partial charge in [-0.3, -0.25) is 0 Å². The van der Waals surface area contributed by atoms with E-state index in [-0.39, 0.29) is 5.75 Å². The molecule has 0 aromatic heterocycles. The van der Waals surface area contributed by atoms with Gasteiger partial charge in [0.05, 0.1) is 10.7 Å². The molecule has 0 amide bonds. The van der Waals surface area contributed by atoms with E-state index in [1.165, 1.54) is 0 Å². The summed E-state index contributed by atoms with van der Waals surface area (Å²) in [5.74, 6) is 0.253. The number of nitrogens with two attached hydrogens (primary N) is 1. The Morgan fingerprint density at radius 1 is 1.12 bits per heavy atom. The highest BCUT2D eigenvalue weighted by Gasteiger charge is 2.05. The number of aryl methyl sites for hydroxylation is 1. The van der Waals surface area contributed by atoms with Crippen molar-refractivity contribution in [2.45, 2.75) is 6.92 Å². The summed E-state index contributed by atoms with van der Waals surface area (Å²) in [6.45, 7) is 1.98. The van der Waals surface area contributed by atoms with Crippen molar-refractivity contribution in [2.24, 2.45) is 0 Å². The minimum absolute atomic E-state index is 0.253. The van der Waals surface area contributed by atoms with Crippen LogP contribution in [0.1, 0.15) is 5.56 Å². The lowest BCUT2D eigenvalue weighted by molar-refractivity contribution is 0.475. The number of aromatic hydroxyl groups is 1. The number of halogens is 1. The number of phenols is 1. The van der Waals surface area contributed by atoms with Gasteiger partial charge in [0, 0.05) is 0 Å². The first-order chi connectivity index (χ1) is 7.58. The molecule has 2 nitrogen and oxygen atoms in total. The van der Waals surface area contributed by atoms with E-state index < -0.39 is 0 Å². The van der Waals surface area contributed by atoms with Crippen LogP contribution < -0.4 is 5.73 Å². The highest BCUT2D eigenvalue weighted by atomic mass is 35.5. The molecule has 82 valence electrons. The molecule has 0 saturated heterocycles. The van der Waals surface area contributed by atoms with E-state index in [1.54, 1.807) is 12.1 Å². The third kappa shape index (κ3) is 1.97. The Morgan fingerprint density at radius 2 is 1.75 bits per heavy atom. The number of rotatable bonds is 1. The second-order valence-electron chi connectivity index (χ2n) is 3.74. The first-order valence-corrected chi connectivity index (χ1v) is 5.31. The first-order valence-electron chi connectivity index (χ1n) is 4.93. The van der Waals surface area contributed by atoms with Crippen molar-refractivity contribution in [1.82, 2.24) is 0 Å². The summed E-state index contributed by atoms with van der Waals surface area (Å²) in [6.07, 6.45) is 0. The lowest BCUT2D eigenvalue weighted by Crippen LogP contribution is -1.90. The van der Waals surface area contributed by atoms with Crippen molar-refractivity contribution in [2.75, 3.05) is 5.73 Å². The molecule has 0 bridgehead atoms. The molecular weight excluding hydrogens is 222 g/mol. The highest BCUT2D eigenvalue weighted by molar-refractivity contribution is 6.33. The normalized spacial score (nSPS) is 10.4. The number of benzene rings is 2. The fourth-order valence-corrected chi connectivity index (χ4v) is 1.86. The maximum atomic E-state index is 9.23. The predicted molar refractivity (Wildman–Crippen MR) is 67.7 cm³/mol. The molecule has 3 N–H and O–H groups in total. The van der Waals surface area contributed by atoms with Crippen LogP contribution in [0, 0.1) is 6.92 Å². The third-order valence-electron chi connectivity index (χ3n) is 2.52. The van der Waals surface area contributed by atoms with Crippen molar-refractivity contribution in [3.05, 3.63) is 47.0 Å². The van der Waals surface area contributed by atoms with E-state index in [0.717, 1.165) is 16.7 Å². The molecule has 2 rings (SSSR count). The van der Waals surface area contributed by atoms with E-state index in [1.807, 2.05) is 31.2 Å². The van der Waals surface area contributed by atoms with Crippen LogP contribution >= 0.6 is 11.6 Å². The number of hydrogen-bond acceptors (Lipinski definition) is 2. The summed E-state index contributed by atoms with van der Waals surface area (Å²) in [7, 11) is 0. The molecule has 2 aromatic carbocycles.